The van der Waals surface area contributed by atoms with Crippen LogP contribution in [0.2, 0.25) is 0 Å². The molecule has 2 aromatic heterocycles. The number of aromatic nitrogens is 2. The molecule has 1 fully saturated rings. The van der Waals surface area contributed by atoms with Crippen LogP contribution in [0, 0.1) is 11.8 Å². The van der Waals surface area contributed by atoms with Crippen LogP contribution in [0.15, 0.2) is 33.4 Å². The number of carbonyl (C=O) groups excluding carboxylic acids is 3. The van der Waals surface area contributed by atoms with E-state index in [4.69, 9.17) is 5.73 Å². The molecule has 2 N–H and O–H groups in total. The number of nitrogens with two attached hydrogens (primary N) is 1. The van der Waals surface area contributed by atoms with Gasteiger partial charge in [-0.15, -0.1) is 17.4 Å². The largest absolute Gasteiger partial charge is 1.00 e. The average Bonchev–Trinajstić information content (AvgIpc) is 3.11. The number of primary amides is 1. The first-order valence-electron chi connectivity index (χ1n) is 8.89. The smallest absolute Gasteiger partial charge is 0.852 e. The Kier molecular flexibility index (Phi) is 6.61. The fourth-order valence-electron chi connectivity index (χ4n) is 3.94. The van der Waals surface area contributed by atoms with Gasteiger partial charge in [-0.2, -0.15) is 4.57 Å². The third kappa shape index (κ3) is 3.78. The molecular weight excluding hydrogens is 439 g/mol. The van der Waals surface area contributed by atoms with E-state index in [2.05, 4.69) is 4.98 Å². The number of rotatable bonds is 6. The standard InChI is InChI=1S/C18H18N4O5S2.Na/c1-7-13-12(8(2)23)16(25)22(13)14(17(26)27)15(7)29-18-20-9-3-4-21(6-11(19)24)5-10(9)28-18;/h3-5,7-8,12-13H,6H2,1-2H3,(H2,19,24)(H,26,27);/q;+1/p-1. The van der Waals surface area contributed by atoms with Gasteiger partial charge in [0.1, 0.15) is 4.70 Å². The van der Waals surface area contributed by atoms with Crippen molar-refractivity contribution in [2.45, 2.75) is 36.9 Å². The van der Waals surface area contributed by atoms with Gasteiger partial charge in [0, 0.05) is 22.8 Å². The first kappa shape index (κ1) is 23.2. The predicted octanol–water partition coefficient (Wildman–Crippen LogP) is -4.65. The Hall–Kier alpha value is -1.50. The van der Waals surface area contributed by atoms with Crippen molar-refractivity contribution in [3.63, 3.8) is 0 Å². The number of hydrogen-bond donors (Lipinski definition) is 1. The van der Waals surface area contributed by atoms with E-state index < -0.39 is 35.8 Å². The number of aliphatic carboxylic acids is 1. The minimum absolute atomic E-state index is 0. The van der Waals surface area contributed by atoms with Crippen LogP contribution < -0.4 is 50.1 Å². The monoisotopic (exact) mass is 456 g/mol. The van der Waals surface area contributed by atoms with Crippen molar-refractivity contribution in [3.05, 3.63) is 29.1 Å². The van der Waals surface area contributed by atoms with Crippen LogP contribution in [-0.2, 0) is 20.9 Å². The molecule has 4 heterocycles. The average molecular weight is 456 g/mol. The van der Waals surface area contributed by atoms with Gasteiger partial charge < -0.3 is 25.6 Å². The van der Waals surface area contributed by atoms with Gasteiger partial charge in [-0.25, -0.2) is 4.98 Å². The number of pyridine rings is 1. The third-order valence-electron chi connectivity index (χ3n) is 5.19. The predicted molar refractivity (Wildman–Crippen MR) is 99.6 cm³/mol. The Morgan fingerprint density at radius 1 is 1.47 bits per heavy atom. The Balaban J connectivity index is 0.00000256. The molecule has 0 radical (unpaired) electrons. The summed E-state index contributed by atoms with van der Waals surface area (Å²) in [5, 5.41) is 23.7. The van der Waals surface area contributed by atoms with Crippen molar-refractivity contribution in [1.82, 2.24) is 9.88 Å². The number of hydrogen-bond acceptors (Lipinski definition) is 8. The van der Waals surface area contributed by atoms with Gasteiger partial charge in [-0.3, -0.25) is 9.59 Å². The van der Waals surface area contributed by atoms with E-state index in [0.717, 1.165) is 4.70 Å². The van der Waals surface area contributed by atoms with E-state index in [0.29, 0.717) is 14.8 Å². The second kappa shape index (κ2) is 8.56. The molecule has 0 spiro atoms. The molecule has 0 aliphatic carbocycles. The molecule has 152 valence electrons. The van der Waals surface area contributed by atoms with Crippen molar-refractivity contribution >= 4 is 51.1 Å². The van der Waals surface area contributed by atoms with Crippen molar-refractivity contribution < 1.29 is 58.7 Å². The zero-order valence-corrected chi connectivity index (χ0v) is 20.2. The molecule has 2 amide bonds. The van der Waals surface area contributed by atoms with Crippen molar-refractivity contribution in [3.8, 4) is 0 Å². The van der Waals surface area contributed by atoms with Crippen molar-refractivity contribution in [1.29, 1.82) is 0 Å². The van der Waals surface area contributed by atoms with Crippen LogP contribution in [-0.4, -0.2) is 39.8 Å². The molecule has 4 unspecified atom stereocenters. The molecule has 0 saturated carbocycles. The van der Waals surface area contributed by atoms with E-state index in [-0.39, 0.29) is 47.7 Å². The summed E-state index contributed by atoms with van der Waals surface area (Å²) in [6, 6.07) is 1.29. The summed E-state index contributed by atoms with van der Waals surface area (Å²) < 4.78 is 3.05. The van der Waals surface area contributed by atoms with Gasteiger partial charge in [0.15, 0.2) is 16.7 Å². The Bertz CT molecular complexity index is 1090. The molecule has 2 aliphatic heterocycles. The number of carbonyl (C=O) groups is 3. The molecular formula is C18H17N4NaO5S2. The van der Waals surface area contributed by atoms with Gasteiger partial charge in [0.05, 0.1) is 23.2 Å². The molecule has 1 saturated heterocycles. The summed E-state index contributed by atoms with van der Waals surface area (Å²) >= 11 is 2.51. The molecule has 0 aromatic carbocycles. The second-order valence-corrected chi connectivity index (χ2v) is 9.45. The molecule has 2 aromatic rings. The first-order chi connectivity index (χ1) is 13.7. The summed E-state index contributed by atoms with van der Waals surface area (Å²) in [5.41, 5.74) is 5.75. The molecule has 30 heavy (non-hydrogen) atoms. The maximum Gasteiger partial charge on any atom is 1.00 e. The van der Waals surface area contributed by atoms with Gasteiger partial charge in [0.2, 0.25) is 12.5 Å². The zero-order valence-electron chi connectivity index (χ0n) is 16.5. The molecule has 9 nitrogen and oxygen atoms in total. The molecule has 12 heteroatoms. The summed E-state index contributed by atoms with van der Waals surface area (Å²) in [7, 11) is 0. The summed E-state index contributed by atoms with van der Waals surface area (Å²) in [4.78, 5) is 41.4. The van der Waals surface area contributed by atoms with Crippen LogP contribution in [0.5, 0.6) is 0 Å². The molecule has 0 bridgehead atoms. The summed E-state index contributed by atoms with van der Waals surface area (Å²) in [6.45, 7) is 3.28. The maximum absolute atomic E-state index is 12.3. The number of thiazole rings is 1. The quantitative estimate of drug-likeness (QED) is 0.262. The number of carboxylic acids is 1. The number of carboxylic acid groups (broad SMARTS) is 1. The van der Waals surface area contributed by atoms with Crippen LogP contribution in [0.3, 0.4) is 0 Å². The van der Waals surface area contributed by atoms with E-state index >= 15 is 0 Å². The van der Waals surface area contributed by atoms with Gasteiger partial charge in [-0.1, -0.05) is 25.6 Å². The number of thioether (sulfide) groups is 1. The third-order valence-corrected chi connectivity index (χ3v) is 7.54. The van der Waals surface area contributed by atoms with Crippen LogP contribution in [0.25, 0.3) is 10.2 Å². The number of nitrogens with zero attached hydrogens (tertiary/aromatic N) is 3. The first-order valence-corrected chi connectivity index (χ1v) is 10.5. The van der Waals surface area contributed by atoms with E-state index in [9.17, 15) is 24.6 Å². The van der Waals surface area contributed by atoms with E-state index in [1.54, 1.807) is 23.0 Å². The van der Waals surface area contributed by atoms with Gasteiger partial charge >= 0.3 is 29.6 Å². The fraction of sp³-hybridized carbons (Fsp3) is 0.389. The zero-order chi connectivity index (χ0) is 21.0. The minimum atomic E-state index is -1.44. The Morgan fingerprint density at radius 3 is 2.77 bits per heavy atom. The second-order valence-electron chi connectivity index (χ2n) is 7.13. The van der Waals surface area contributed by atoms with Crippen molar-refractivity contribution in [2.24, 2.45) is 17.6 Å². The van der Waals surface area contributed by atoms with Crippen LogP contribution in [0.4, 0.5) is 0 Å². The van der Waals surface area contributed by atoms with E-state index in [1.807, 2.05) is 6.92 Å². The summed E-state index contributed by atoms with van der Waals surface area (Å²) in [5.74, 6) is -3.41. The van der Waals surface area contributed by atoms with E-state index in [1.165, 1.54) is 34.9 Å². The number of β-lactam (4-membered cyclic amide) rings is 1. The molecule has 4 rings (SSSR count). The normalized spacial score (nSPS) is 23.8. The van der Waals surface area contributed by atoms with Gasteiger partial charge in [-0.05, 0) is 0 Å². The molecule has 4 atom stereocenters. The Morgan fingerprint density at radius 2 is 2.17 bits per heavy atom. The SMILES string of the molecule is CC([O-])C1C(=O)N2C(C(=O)[O-])=C(Sc3nc4cc[n+](CC(N)=O)cc4s3)C(C)C12.[Na+]. The molecule has 2 aliphatic rings. The minimum Gasteiger partial charge on any atom is -0.852 e. The van der Waals surface area contributed by atoms with Gasteiger partial charge in [0.25, 0.3) is 5.91 Å². The number of fused-ring (bicyclic) bond motifs is 2. The van der Waals surface area contributed by atoms with Crippen LogP contribution >= 0.6 is 23.1 Å². The maximum atomic E-state index is 12.3. The fourth-order valence-corrected chi connectivity index (χ4v) is 6.32. The van der Waals surface area contributed by atoms with Crippen molar-refractivity contribution in [2.75, 3.05) is 0 Å². The van der Waals surface area contributed by atoms with Crippen LogP contribution in [0.1, 0.15) is 13.8 Å². The Labute approximate surface area is 202 Å². The summed E-state index contributed by atoms with van der Waals surface area (Å²) in [6.07, 6.45) is 2.33. The number of amides is 2. The topological polar surface area (TPSA) is 143 Å².